The molecule has 0 saturated carbocycles. The maximum Gasteiger partial charge on any atom is 0.354 e. The van der Waals surface area contributed by atoms with Crippen LogP contribution in [0.1, 0.15) is 29.9 Å². The number of carboxylic acids is 1. The van der Waals surface area contributed by atoms with Crippen molar-refractivity contribution >= 4 is 37.8 Å². The molecular formula is C24H25N3O6S. The van der Waals surface area contributed by atoms with E-state index in [1.807, 2.05) is 6.07 Å². The predicted octanol–water partition coefficient (Wildman–Crippen LogP) is 4.38. The number of ether oxygens (including phenoxy) is 2. The third kappa shape index (κ3) is 4.23. The van der Waals surface area contributed by atoms with Gasteiger partial charge >= 0.3 is 5.97 Å². The fourth-order valence-corrected chi connectivity index (χ4v) is 5.46. The Hall–Kier alpha value is -3.47. The summed E-state index contributed by atoms with van der Waals surface area (Å²) in [4.78, 5) is 19.2. The summed E-state index contributed by atoms with van der Waals surface area (Å²) in [6, 6.07) is 11.7. The van der Waals surface area contributed by atoms with E-state index in [1.165, 1.54) is 29.7 Å². The van der Waals surface area contributed by atoms with Gasteiger partial charge in [0, 0.05) is 42.1 Å². The number of hydrogen-bond acceptors (Lipinski definition) is 6. The molecule has 0 aliphatic carbocycles. The lowest BCUT2D eigenvalue weighted by molar-refractivity contribution is 0.0685. The molecular weight excluding hydrogens is 458 g/mol. The van der Waals surface area contributed by atoms with Crippen molar-refractivity contribution in [2.45, 2.75) is 25.3 Å². The van der Waals surface area contributed by atoms with Crippen molar-refractivity contribution in [2.24, 2.45) is 0 Å². The van der Waals surface area contributed by atoms with Crippen LogP contribution in [0, 0.1) is 0 Å². The Morgan fingerprint density at radius 3 is 2.35 bits per heavy atom. The van der Waals surface area contributed by atoms with Gasteiger partial charge in [-0.05, 0) is 42.5 Å². The maximum absolute atomic E-state index is 12.7. The Bertz CT molecular complexity index is 1460. The van der Waals surface area contributed by atoms with Gasteiger partial charge in [-0.3, -0.25) is 0 Å². The highest BCUT2D eigenvalue weighted by atomic mass is 32.2. The largest absolute Gasteiger partial charge is 0.477 e. The number of carboxylic acid groups (broad SMARTS) is 1. The van der Waals surface area contributed by atoms with Crippen LogP contribution in [-0.2, 0) is 21.4 Å². The molecule has 0 fully saturated rings. The Balaban J connectivity index is 1.71. The number of pyridine rings is 1. The summed E-state index contributed by atoms with van der Waals surface area (Å²) in [5, 5.41) is 11.0. The summed E-state index contributed by atoms with van der Waals surface area (Å²) < 4.78 is 38.0. The van der Waals surface area contributed by atoms with Crippen LogP contribution in [0.5, 0.6) is 11.5 Å². The van der Waals surface area contributed by atoms with Crippen LogP contribution in [0.2, 0.25) is 0 Å². The highest BCUT2D eigenvalue weighted by Gasteiger charge is 2.22. The van der Waals surface area contributed by atoms with E-state index in [4.69, 9.17) is 9.47 Å². The number of H-pyrrole nitrogens is 1. The number of aromatic carboxylic acids is 1. The molecule has 9 nitrogen and oxygen atoms in total. The van der Waals surface area contributed by atoms with E-state index in [0.29, 0.717) is 41.1 Å². The molecule has 0 amide bonds. The number of carbonyl (C=O) groups is 1. The van der Waals surface area contributed by atoms with E-state index in [1.54, 1.807) is 38.1 Å². The third-order valence-corrected chi connectivity index (χ3v) is 7.67. The predicted molar refractivity (Wildman–Crippen MR) is 128 cm³/mol. The van der Waals surface area contributed by atoms with Gasteiger partial charge in [0.05, 0.1) is 23.2 Å². The van der Waals surface area contributed by atoms with Crippen LogP contribution in [0.25, 0.3) is 21.8 Å². The molecule has 2 aromatic heterocycles. The Kier molecular flexibility index (Phi) is 6.56. The molecule has 0 atom stereocenters. The van der Waals surface area contributed by atoms with Crippen molar-refractivity contribution in [1.29, 1.82) is 0 Å². The Labute approximate surface area is 197 Å². The van der Waals surface area contributed by atoms with E-state index in [9.17, 15) is 18.3 Å². The fraction of sp³-hybridized carbons (Fsp3) is 0.250. The van der Waals surface area contributed by atoms with Gasteiger partial charge in [-0.1, -0.05) is 13.8 Å². The van der Waals surface area contributed by atoms with Gasteiger partial charge in [0.2, 0.25) is 10.0 Å². The summed E-state index contributed by atoms with van der Waals surface area (Å²) in [5.41, 5.74) is 1.90. The minimum Gasteiger partial charge on any atom is -0.477 e. The van der Waals surface area contributed by atoms with Crippen molar-refractivity contribution in [3.63, 3.8) is 0 Å². The minimum absolute atomic E-state index is 0.0634. The highest BCUT2D eigenvalue weighted by Crippen LogP contribution is 2.34. The quantitative estimate of drug-likeness (QED) is 0.362. The van der Waals surface area contributed by atoms with Crippen LogP contribution in [0.15, 0.2) is 53.6 Å². The van der Waals surface area contributed by atoms with Crippen molar-refractivity contribution in [3.05, 3.63) is 59.9 Å². The van der Waals surface area contributed by atoms with Crippen LogP contribution >= 0.6 is 0 Å². The average Bonchev–Trinajstić information content (AvgIpc) is 3.18. The topological polar surface area (TPSA) is 122 Å². The highest BCUT2D eigenvalue weighted by molar-refractivity contribution is 7.89. The van der Waals surface area contributed by atoms with Gasteiger partial charge in [-0.25, -0.2) is 18.2 Å². The lowest BCUT2D eigenvalue weighted by Crippen LogP contribution is -2.30. The Morgan fingerprint density at radius 2 is 1.74 bits per heavy atom. The second-order valence-electron chi connectivity index (χ2n) is 7.61. The molecule has 4 rings (SSSR count). The standard InChI is InChI=1S/C24H25N3O6S/c1-4-27(5-2)34(30,31)17-9-6-15(7-10-17)33-16-8-11-20-18(12-16)22-19(14-32-3)23(24(28)29)25-13-21(22)26-20/h6-13,26H,4-5,14H2,1-3H3,(H,28,29). The molecule has 34 heavy (non-hydrogen) atoms. The first-order chi connectivity index (χ1) is 16.3. The van der Waals surface area contributed by atoms with Gasteiger partial charge in [0.15, 0.2) is 5.69 Å². The second kappa shape index (κ2) is 9.41. The molecule has 178 valence electrons. The molecule has 0 radical (unpaired) electrons. The van der Waals surface area contributed by atoms with Gasteiger partial charge in [-0.2, -0.15) is 4.31 Å². The molecule has 2 heterocycles. The first-order valence-corrected chi connectivity index (χ1v) is 12.2. The molecule has 0 spiro atoms. The van der Waals surface area contributed by atoms with Crippen LogP contribution < -0.4 is 4.74 Å². The SMILES string of the molecule is CCN(CC)S(=O)(=O)c1ccc(Oc2ccc3[nH]c4cnc(C(=O)O)c(COC)c4c3c2)cc1. The first kappa shape index (κ1) is 23.7. The van der Waals surface area contributed by atoms with Crippen molar-refractivity contribution in [3.8, 4) is 11.5 Å². The number of rotatable bonds is 9. The molecule has 2 aromatic carbocycles. The molecule has 0 aliphatic rings. The summed E-state index contributed by atoms with van der Waals surface area (Å²) in [6.45, 7) is 4.48. The molecule has 2 N–H and O–H groups in total. The lowest BCUT2D eigenvalue weighted by Gasteiger charge is -2.18. The van der Waals surface area contributed by atoms with Gasteiger partial charge in [0.1, 0.15) is 11.5 Å². The average molecular weight is 484 g/mol. The normalized spacial score (nSPS) is 12.0. The third-order valence-electron chi connectivity index (χ3n) is 5.60. The summed E-state index contributed by atoms with van der Waals surface area (Å²) in [5.74, 6) is -0.136. The summed E-state index contributed by atoms with van der Waals surface area (Å²) in [6.07, 6.45) is 1.49. The monoisotopic (exact) mass is 483 g/mol. The van der Waals surface area contributed by atoms with Gasteiger partial charge in [-0.15, -0.1) is 0 Å². The first-order valence-electron chi connectivity index (χ1n) is 10.7. The van der Waals surface area contributed by atoms with E-state index >= 15 is 0 Å². The number of sulfonamides is 1. The van der Waals surface area contributed by atoms with Gasteiger partial charge in [0.25, 0.3) is 0 Å². The molecule has 0 unspecified atom stereocenters. The number of methoxy groups -OCH3 is 1. The number of nitrogens with one attached hydrogen (secondary N) is 1. The number of fused-ring (bicyclic) bond motifs is 3. The van der Waals surface area contributed by atoms with Crippen molar-refractivity contribution in [2.75, 3.05) is 20.2 Å². The molecule has 0 bridgehead atoms. The summed E-state index contributed by atoms with van der Waals surface area (Å²) >= 11 is 0. The van der Waals surface area contributed by atoms with E-state index in [2.05, 4.69) is 9.97 Å². The molecule has 10 heteroatoms. The molecule has 4 aromatic rings. The van der Waals surface area contributed by atoms with Crippen molar-refractivity contribution in [1.82, 2.24) is 14.3 Å². The van der Waals surface area contributed by atoms with Crippen LogP contribution in [-0.4, -0.2) is 54.0 Å². The van der Waals surface area contributed by atoms with E-state index in [-0.39, 0.29) is 17.2 Å². The van der Waals surface area contributed by atoms with E-state index < -0.39 is 16.0 Å². The zero-order valence-corrected chi connectivity index (χ0v) is 19.8. The lowest BCUT2D eigenvalue weighted by atomic mass is 10.1. The van der Waals surface area contributed by atoms with Crippen LogP contribution in [0.4, 0.5) is 0 Å². The summed E-state index contributed by atoms with van der Waals surface area (Å²) in [7, 11) is -2.05. The number of aromatic nitrogens is 2. The number of aromatic amines is 1. The fourth-order valence-electron chi connectivity index (χ4n) is 4.00. The van der Waals surface area contributed by atoms with Gasteiger partial charge < -0.3 is 19.6 Å². The zero-order valence-electron chi connectivity index (χ0n) is 19.0. The molecule has 0 saturated heterocycles. The Morgan fingerprint density at radius 1 is 1.06 bits per heavy atom. The number of nitrogens with zero attached hydrogens (tertiary/aromatic N) is 2. The smallest absolute Gasteiger partial charge is 0.354 e. The van der Waals surface area contributed by atoms with Crippen molar-refractivity contribution < 1.29 is 27.8 Å². The molecule has 0 aliphatic heterocycles. The number of hydrogen-bond donors (Lipinski definition) is 2. The minimum atomic E-state index is -3.55. The second-order valence-corrected chi connectivity index (χ2v) is 9.55. The maximum atomic E-state index is 12.7. The zero-order chi connectivity index (χ0) is 24.5. The van der Waals surface area contributed by atoms with Crippen LogP contribution in [0.3, 0.4) is 0 Å². The number of benzene rings is 2. The van der Waals surface area contributed by atoms with E-state index in [0.717, 1.165) is 10.9 Å².